The van der Waals surface area contributed by atoms with Crippen LogP contribution in [0.15, 0.2) is 54.6 Å². The minimum Gasteiger partial charge on any atom is -0.489 e. The quantitative estimate of drug-likeness (QED) is 0.849. The van der Waals surface area contributed by atoms with Crippen molar-refractivity contribution in [3.05, 3.63) is 65.7 Å². The van der Waals surface area contributed by atoms with Crippen molar-refractivity contribution in [3.63, 3.8) is 0 Å². The third kappa shape index (κ3) is 3.83. The van der Waals surface area contributed by atoms with E-state index in [1.807, 2.05) is 61.5 Å². The molecule has 2 aromatic carbocycles. The molecule has 3 nitrogen and oxygen atoms in total. The van der Waals surface area contributed by atoms with E-state index in [9.17, 15) is 5.11 Å². The van der Waals surface area contributed by atoms with Gasteiger partial charge in [0.15, 0.2) is 0 Å². The molecule has 3 N–H and O–H groups in total. The molecule has 0 aliphatic heterocycles. The molecule has 0 spiro atoms. The van der Waals surface area contributed by atoms with Crippen molar-refractivity contribution in [3.8, 4) is 5.75 Å². The largest absolute Gasteiger partial charge is 0.489 e. The number of aliphatic hydroxyl groups is 1. The lowest BCUT2D eigenvalue weighted by Crippen LogP contribution is -2.18. The zero-order chi connectivity index (χ0) is 14.4. The molecule has 2 rings (SSSR count). The standard InChI is InChI=1S/C17H21NO2/c1-13(11-18)17(19)15-8-5-9-16(10-15)20-12-14-6-3-2-4-7-14/h2-10,13,17,19H,11-12,18H2,1H3. The van der Waals surface area contributed by atoms with Crippen LogP contribution in [-0.2, 0) is 6.61 Å². The monoisotopic (exact) mass is 271 g/mol. The van der Waals surface area contributed by atoms with Gasteiger partial charge in [-0.1, -0.05) is 49.4 Å². The van der Waals surface area contributed by atoms with Gasteiger partial charge in [-0.25, -0.2) is 0 Å². The first-order chi connectivity index (χ1) is 9.70. The molecule has 0 saturated carbocycles. The van der Waals surface area contributed by atoms with Crippen LogP contribution in [0.4, 0.5) is 0 Å². The number of aliphatic hydroxyl groups excluding tert-OH is 1. The number of rotatable bonds is 6. The van der Waals surface area contributed by atoms with Crippen LogP contribution in [0.1, 0.15) is 24.2 Å². The van der Waals surface area contributed by atoms with Crippen LogP contribution in [0, 0.1) is 5.92 Å². The third-order valence-electron chi connectivity index (χ3n) is 3.36. The Morgan fingerprint density at radius 3 is 2.55 bits per heavy atom. The maximum absolute atomic E-state index is 10.2. The first-order valence-electron chi connectivity index (χ1n) is 6.85. The predicted octanol–water partition coefficient (Wildman–Crippen LogP) is 2.89. The molecule has 0 aliphatic carbocycles. The van der Waals surface area contributed by atoms with Crippen LogP contribution in [0.3, 0.4) is 0 Å². The van der Waals surface area contributed by atoms with Gasteiger partial charge in [0.25, 0.3) is 0 Å². The Bertz CT molecular complexity index is 528. The number of ether oxygens (including phenoxy) is 1. The fraction of sp³-hybridized carbons (Fsp3) is 0.294. The summed E-state index contributed by atoms with van der Waals surface area (Å²) in [6.07, 6.45) is -0.555. The summed E-state index contributed by atoms with van der Waals surface area (Å²) in [4.78, 5) is 0. The maximum atomic E-state index is 10.2. The SMILES string of the molecule is CC(CN)C(O)c1cccc(OCc2ccccc2)c1. The van der Waals surface area contributed by atoms with Gasteiger partial charge in [-0.15, -0.1) is 0 Å². The molecule has 0 aromatic heterocycles. The summed E-state index contributed by atoms with van der Waals surface area (Å²) >= 11 is 0. The van der Waals surface area contributed by atoms with Crippen LogP contribution in [-0.4, -0.2) is 11.7 Å². The van der Waals surface area contributed by atoms with Crippen molar-refractivity contribution < 1.29 is 9.84 Å². The van der Waals surface area contributed by atoms with Gasteiger partial charge >= 0.3 is 0 Å². The molecule has 2 aromatic rings. The van der Waals surface area contributed by atoms with Crippen LogP contribution in [0.25, 0.3) is 0 Å². The third-order valence-corrected chi connectivity index (χ3v) is 3.36. The molecule has 0 radical (unpaired) electrons. The minimum atomic E-state index is -0.555. The van der Waals surface area contributed by atoms with E-state index in [1.165, 1.54) is 0 Å². The van der Waals surface area contributed by atoms with E-state index >= 15 is 0 Å². The van der Waals surface area contributed by atoms with E-state index in [0.29, 0.717) is 13.2 Å². The highest BCUT2D eigenvalue weighted by molar-refractivity contribution is 5.30. The zero-order valence-electron chi connectivity index (χ0n) is 11.7. The number of hydrogen-bond acceptors (Lipinski definition) is 3. The summed E-state index contributed by atoms with van der Waals surface area (Å²) in [6, 6.07) is 17.6. The zero-order valence-corrected chi connectivity index (χ0v) is 11.7. The van der Waals surface area contributed by atoms with Crippen molar-refractivity contribution in [2.24, 2.45) is 11.7 Å². The van der Waals surface area contributed by atoms with Gasteiger partial charge in [-0.3, -0.25) is 0 Å². The van der Waals surface area contributed by atoms with Crippen LogP contribution in [0.5, 0.6) is 5.75 Å². The van der Waals surface area contributed by atoms with Crippen molar-refractivity contribution in [1.82, 2.24) is 0 Å². The molecule has 20 heavy (non-hydrogen) atoms. The van der Waals surface area contributed by atoms with Crippen LogP contribution >= 0.6 is 0 Å². The lowest BCUT2D eigenvalue weighted by atomic mass is 9.97. The van der Waals surface area contributed by atoms with Crippen LogP contribution in [0.2, 0.25) is 0 Å². The Morgan fingerprint density at radius 2 is 1.85 bits per heavy atom. The van der Waals surface area contributed by atoms with Gasteiger partial charge in [-0.05, 0) is 35.7 Å². The van der Waals surface area contributed by atoms with Crippen molar-refractivity contribution in [2.75, 3.05) is 6.54 Å². The second-order valence-electron chi connectivity index (χ2n) is 5.00. The van der Waals surface area contributed by atoms with Gasteiger partial charge in [0.2, 0.25) is 0 Å². The fourth-order valence-electron chi connectivity index (χ4n) is 1.99. The molecule has 3 heteroatoms. The molecule has 0 aliphatic rings. The van der Waals surface area contributed by atoms with E-state index in [-0.39, 0.29) is 5.92 Å². The lowest BCUT2D eigenvalue weighted by Gasteiger charge is -2.18. The molecule has 2 unspecified atom stereocenters. The van der Waals surface area contributed by atoms with Gasteiger partial charge in [0.1, 0.15) is 12.4 Å². The summed E-state index contributed by atoms with van der Waals surface area (Å²) in [6.45, 7) is 2.91. The van der Waals surface area contributed by atoms with Gasteiger partial charge in [0.05, 0.1) is 6.10 Å². The Hall–Kier alpha value is -1.84. The number of benzene rings is 2. The average Bonchev–Trinajstić information content (AvgIpc) is 2.52. The predicted molar refractivity (Wildman–Crippen MR) is 80.4 cm³/mol. The van der Waals surface area contributed by atoms with E-state index < -0.39 is 6.10 Å². The number of nitrogens with two attached hydrogens (primary N) is 1. The molecule has 0 heterocycles. The highest BCUT2D eigenvalue weighted by Crippen LogP contribution is 2.25. The second-order valence-corrected chi connectivity index (χ2v) is 5.00. The first kappa shape index (κ1) is 14.6. The van der Waals surface area contributed by atoms with Gasteiger partial charge in [0, 0.05) is 0 Å². The second kappa shape index (κ2) is 7.08. The molecule has 106 valence electrons. The summed E-state index contributed by atoms with van der Waals surface area (Å²) in [5, 5.41) is 10.2. The fourth-order valence-corrected chi connectivity index (χ4v) is 1.99. The van der Waals surface area contributed by atoms with Gasteiger partial charge in [-0.2, -0.15) is 0 Å². The molecule has 0 saturated heterocycles. The van der Waals surface area contributed by atoms with Gasteiger partial charge < -0.3 is 15.6 Å². The topological polar surface area (TPSA) is 55.5 Å². The lowest BCUT2D eigenvalue weighted by molar-refractivity contribution is 0.121. The first-order valence-corrected chi connectivity index (χ1v) is 6.85. The van der Waals surface area contributed by atoms with Crippen LogP contribution < -0.4 is 10.5 Å². The summed E-state index contributed by atoms with van der Waals surface area (Å²) < 4.78 is 5.75. The molecule has 2 atom stereocenters. The average molecular weight is 271 g/mol. The highest BCUT2D eigenvalue weighted by Gasteiger charge is 2.15. The van der Waals surface area contributed by atoms with Crippen molar-refractivity contribution in [2.45, 2.75) is 19.6 Å². The molecular formula is C17H21NO2. The Balaban J connectivity index is 2.03. The molecular weight excluding hydrogens is 250 g/mol. The Labute approximate surface area is 120 Å². The number of hydrogen-bond donors (Lipinski definition) is 2. The van der Waals surface area contributed by atoms with Crippen molar-refractivity contribution in [1.29, 1.82) is 0 Å². The summed E-state index contributed by atoms with van der Waals surface area (Å²) in [5.74, 6) is 0.786. The maximum Gasteiger partial charge on any atom is 0.120 e. The van der Waals surface area contributed by atoms with E-state index in [4.69, 9.17) is 10.5 Å². The van der Waals surface area contributed by atoms with E-state index in [0.717, 1.165) is 16.9 Å². The van der Waals surface area contributed by atoms with E-state index in [2.05, 4.69) is 0 Å². The van der Waals surface area contributed by atoms with Crippen molar-refractivity contribution >= 4 is 0 Å². The molecule has 0 bridgehead atoms. The summed E-state index contributed by atoms with van der Waals surface area (Å²) in [5.41, 5.74) is 7.55. The van der Waals surface area contributed by atoms with E-state index in [1.54, 1.807) is 0 Å². The Morgan fingerprint density at radius 1 is 1.10 bits per heavy atom. The Kier molecular flexibility index (Phi) is 5.16. The summed E-state index contributed by atoms with van der Waals surface area (Å²) in [7, 11) is 0. The normalized spacial score (nSPS) is 13.8. The molecule has 0 amide bonds. The smallest absolute Gasteiger partial charge is 0.120 e. The molecule has 0 fully saturated rings. The minimum absolute atomic E-state index is 0.0272. The highest BCUT2D eigenvalue weighted by atomic mass is 16.5.